The molecule has 1 heterocycles. The number of benzene rings is 1. The zero-order valence-corrected chi connectivity index (χ0v) is 14.3. The van der Waals surface area contributed by atoms with Crippen LogP contribution in [0.1, 0.15) is 26.3 Å². The van der Waals surface area contributed by atoms with Crippen LogP contribution in [0.15, 0.2) is 30.3 Å². The lowest BCUT2D eigenvalue weighted by Crippen LogP contribution is -2.58. The molecule has 3 nitrogen and oxygen atoms in total. The van der Waals surface area contributed by atoms with Crippen molar-refractivity contribution in [3.05, 3.63) is 35.9 Å². The molecule has 2 rings (SSSR count). The van der Waals surface area contributed by atoms with Crippen LogP contribution in [0.25, 0.3) is 0 Å². The summed E-state index contributed by atoms with van der Waals surface area (Å²) in [5, 5.41) is 3.39. The number of rotatable bonds is 5. The molecule has 1 aliphatic rings. The predicted octanol–water partition coefficient (Wildman–Crippen LogP) is 2.19. The third kappa shape index (κ3) is 3.85. The van der Waals surface area contributed by atoms with Crippen LogP contribution in [0, 0.1) is 0 Å². The van der Waals surface area contributed by atoms with Gasteiger partial charge in [0.25, 0.3) is 0 Å². The topological polar surface area (TPSA) is 18.5 Å². The first kappa shape index (κ1) is 16.5. The van der Waals surface area contributed by atoms with E-state index in [1.165, 1.54) is 5.56 Å². The Balaban J connectivity index is 2.13. The van der Waals surface area contributed by atoms with Gasteiger partial charge in [0.05, 0.1) is 0 Å². The molecule has 0 bridgehead atoms. The second-order valence-corrected chi connectivity index (χ2v) is 7.01. The quantitative estimate of drug-likeness (QED) is 0.896. The van der Waals surface area contributed by atoms with Gasteiger partial charge in [0.1, 0.15) is 0 Å². The van der Waals surface area contributed by atoms with Gasteiger partial charge in [0.15, 0.2) is 0 Å². The van der Waals surface area contributed by atoms with Crippen molar-refractivity contribution in [2.45, 2.75) is 38.3 Å². The fourth-order valence-corrected chi connectivity index (χ4v) is 3.62. The van der Waals surface area contributed by atoms with Gasteiger partial charge in [0, 0.05) is 43.7 Å². The summed E-state index contributed by atoms with van der Waals surface area (Å²) in [6, 6.07) is 12.2. The van der Waals surface area contributed by atoms with E-state index in [0.717, 1.165) is 26.2 Å². The lowest BCUT2D eigenvalue weighted by atomic mass is 9.81. The van der Waals surface area contributed by atoms with Crippen LogP contribution in [0.4, 0.5) is 0 Å². The van der Waals surface area contributed by atoms with Crippen LogP contribution in [0.5, 0.6) is 0 Å². The molecular formula is C18H31N3. The molecule has 1 N–H and O–H groups in total. The van der Waals surface area contributed by atoms with E-state index >= 15 is 0 Å². The fourth-order valence-electron chi connectivity index (χ4n) is 3.62. The summed E-state index contributed by atoms with van der Waals surface area (Å²) in [5.74, 6) is 0. The monoisotopic (exact) mass is 289 g/mol. The molecule has 1 aromatic rings. The average molecular weight is 289 g/mol. The van der Waals surface area contributed by atoms with Gasteiger partial charge < -0.3 is 5.32 Å². The van der Waals surface area contributed by atoms with Crippen molar-refractivity contribution in [3.63, 3.8) is 0 Å². The summed E-state index contributed by atoms with van der Waals surface area (Å²) in [7, 11) is 4.30. The molecule has 3 unspecified atom stereocenters. The smallest absolute Gasteiger partial charge is 0.0195 e. The second kappa shape index (κ2) is 6.91. The molecule has 0 aromatic heterocycles. The Morgan fingerprint density at radius 3 is 2.24 bits per heavy atom. The van der Waals surface area contributed by atoms with Crippen molar-refractivity contribution in [3.8, 4) is 0 Å². The van der Waals surface area contributed by atoms with Crippen LogP contribution in [-0.4, -0.2) is 62.2 Å². The Hall–Kier alpha value is -0.900. The Morgan fingerprint density at radius 2 is 1.71 bits per heavy atom. The lowest BCUT2D eigenvalue weighted by Gasteiger charge is -2.45. The summed E-state index contributed by atoms with van der Waals surface area (Å²) in [6.07, 6.45) is 0. The van der Waals surface area contributed by atoms with Gasteiger partial charge in [0.2, 0.25) is 0 Å². The van der Waals surface area contributed by atoms with Gasteiger partial charge in [-0.25, -0.2) is 0 Å². The molecule has 1 saturated heterocycles. The van der Waals surface area contributed by atoms with Gasteiger partial charge in [-0.05, 0) is 33.5 Å². The van der Waals surface area contributed by atoms with E-state index < -0.39 is 0 Å². The molecule has 0 radical (unpaired) electrons. The molecule has 3 atom stereocenters. The molecular weight excluding hydrogens is 258 g/mol. The molecule has 0 aliphatic carbocycles. The standard InChI is InChI=1S/C18H31N3/c1-15-11-21(12-16(2)20(15)5)14-18(3,13-19-4)17-9-7-6-8-10-17/h6-10,15-16,19H,11-14H2,1-5H3. The van der Waals surface area contributed by atoms with Gasteiger partial charge >= 0.3 is 0 Å². The first-order valence-corrected chi connectivity index (χ1v) is 8.10. The normalized spacial score (nSPS) is 27.5. The molecule has 1 aromatic carbocycles. The molecule has 21 heavy (non-hydrogen) atoms. The number of nitrogens with zero attached hydrogens (tertiary/aromatic N) is 2. The van der Waals surface area contributed by atoms with E-state index in [2.05, 4.69) is 80.3 Å². The lowest BCUT2D eigenvalue weighted by molar-refractivity contribution is 0.0474. The molecule has 1 aliphatic heterocycles. The first-order valence-electron chi connectivity index (χ1n) is 8.10. The van der Waals surface area contributed by atoms with E-state index in [9.17, 15) is 0 Å². The van der Waals surface area contributed by atoms with Crippen molar-refractivity contribution < 1.29 is 0 Å². The van der Waals surface area contributed by atoms with Crippen LogP contribution in [-0.2, 0) is 5.41 Å². The average Bonchev–Trinajstić information content (AvgIpc) is 2.46. The van der Waals surface area contributed by atoms with E-state index in [-0.39, 0.29) is 5.41 Å². The van der Waals surface area contributed by atoms with Crippen molar-refractivity contribution in [2.75, 3.05) is 40.3 Å². The van der Waals surface area contributed by atoms with Crippen LogP contribution < -0.4 is 5.32 Å². The number of nitrogens with one attached hydrogen (secondary N) is 1. The van der Waals surface area contributed by atoms with Crippen LogP contribution >= 0.6 is 0 Å². The van der Waals surface area contributed by atoms with Gasteiger partial charge in [-0.1, -0.05) is 37.3 Å². The number of hydrogen-bond donors (Lipinski definition) is 1. The minimum atomic E-state index is 0.158. The zero-order chi connectivity index (χ0) is 15.5. The highest BCUT2D eigenvalue weighted by Gasteiger charge is 2.33. The van der Waals surface area contributed by atoms with E-state index in [4.69, 9.17) is 0 Å². The highest BCUT2D eigenvalue weighted by atomic mass is 15.3. The summed E-state index contributed by atoms with van der Waals surface area (Å²) in [4.78, 5) is 5.13. The maximum atomic E-state index is 3.39. The van der Waals surface area contributed by atoms with Crippen LogP contribution in [0.3, 0.4) is 0 Å². The third-order valence-corrected chi connectivity index (χ3v) is 5.05. The molecule has 0 amide bonds. The Labute approximate surface area is 130 Å². The number of piperazine rings is 1. The van der Waals surface area contributed by atoms with Crippen molar-refractivity contribution >= 4 is 0 Å². The number of hydrogen-bond acceptors (Lipinski definition) is 3. The zero-order valence-electron chi connectivity index (χ0n) is 14.3. The largest absolute Gasteiger partial charge is 0.319 e. The van der Waals surface area contributed by atoms with Gasteiger partial charge in [-0.3, -0.25) is 9.80 Å². The van der Waals surface area contributed by atoms with E-state index in [1.54, 1.807) is 0 Å². The van der Waals surface area contributed by atoms with Crippen molar-refractivity contribution in [1.29, 1.82) is 0 Å². The third-order valence-electron chi connectivity index (χ3n) is 5.05. The minimum Gasteiger partial charge on any atom is -0.319 e. The Bertz CT molecular complexity index is 421. The molecule has 0 saturated carbocycles. The summed E-state index contributed by atoms with van der Waals surface area (Å²) in [6.45, 7) is 11.5. The van der Waals surface area contributed by atoms with E-state index in [1.807, 2.05) is 0 Å². The predicted molar refractivity (Wildman–Crippen MR) is 90.8 cm³/mol. The number of likely N-dealkylation sites (N-methyl/N-ethyl adjacent to an activating group) is 2. The van der Waals surface area contributed by atoms with E-state index in [0.29, 0.717) is 12.1 Å². The minimum absolute atomic E-state index is 0.158. The molecule has 1 fully saturated rings. The summed E-state index contributed by atoms with van der Waals surface area (Å²) in [5.41, 5.74) is 1.59. The molecule has 0 spiro atoms. The summed E-state index contributed by atoms with van der Waals surface area (Å²) >= 11 is 0. The van der Waals surface area contributed by atoms with Crippen LogP contribution in [0.2, 0.25) is 0 Å². The Kier molecular flexibility index (Phi) is 5.42. The highest BCUT2D eigenvalue weighted by Crippen LogP contribution is 2.26. The summed E-state index contributed by atoms with van der Waals surface area (Å²) < 4.78 is 0. The van der Waals surface area contributed by atoms with Crippen molar-refractivity contribution in [1.82, 2.24) is 15.1 Å². The van der Waals surface area contributed by atoms with Gasteiger partial charge in [-0.2, -0.15) is 0 Å². The maximum absolute atomic E-state index is 3.39. The molecule has 3 heteroatoms. The second-order valence-electron chi connectivity index (χ2n) is 7.01. The van der Waals surface area contributed by atoms with Gasteiger partial charge in [-0.15, -0.1) is 0 Å². The highest BCUT2D eigenvalue weighted by molar-refractivity contribution is 5.25. The SMILES string of the molecule is CNCC(C)(CN1CC(C)N(C)C(C)C1)c1ccccc1. The van der Waals surface area contributed by atoms with Crippen molar-refractivity contribution in [2.24, 2.45) is 0 Å². The maximum Gasteiger partial charge on any atom is 0.0195 e. The Morgan fingerprint density at radius 1 is 1.14 bits per heavy atom. The molecule has 118 valence electrons. The first-order chi connectivity index (χ1) is 9.96. The fraction of sp³-hybridized carbons (Fsp3) is 0.667.